The molecule has 1 aliphatic carbocycles. The Bertz CT molecular complexity index is 681. The van der Waals surface area contributed by atoms with Gasteiger partial charge in [0, 0.05) is 35.0 Å². The molecule has 0 radical (unpaired) electrons. The molecule has 0 bridgehead atoms. The van der Waals surface area contributed by atoms with Gasteiger partial charge in [-0.3, -0.25) is 4.79 Å². The minimum atomic E-state index is 0.0176. The van der Waals surface area contributed by atoms with Crippen LogP contribution in [0.2, 0.25) is 5.02 Å². The molecule has 0 atom stereocenters. The van der Waals surface area contributed by atoms with Gasteiger partial charge in [-0.15, -0.1) is 0 Å². The first-order valence-corrected chi connectivity index (χ1v) is 7.95. The first-order valence-electron chi connectivity index (χ1n) is 6.78. The van der Waals surface area contributed by atoms with Crippen LogP contribution >= 0.6 is 27.5 Å². The highest BCUT2D eigenvalue weighted by atomic mass is 79.9. The first-order chi connectivity index (χ1) is 10.1. The molecular formula is C15H15BrClN3O. The molecule has 1 saturated carbocycles. The van der Waals surface area contributed by atoms with Gasteiger partial charge in [0.05, 0.1) is 12.1 Å². The Morgan fingerprint density at radius 1 is 1.52 bits per heavy atom. The van der Waals surface area contributed by atoms with Crippen molar-refractivity contribution in [2.75, 3.05) is 0 Å². The molecule has 1 aromatic carbocycles. The first kappa shape index (κ1) is 14.6. The zero-order chi connectivity index (χ0) is 15.0. The molecule has 0 N–H and O–H groups in total. The molecule has 0 unspecified atom stereocenters. The van der Waals surface area contributed by atoms with Crippen molar-refractivity contribution >= 4 is 33.4 Å². The quantitative estimate of drug-likeness (QED) is 0.826. The SMILES string of the molecule is Cn1ccnc1CN(C(=O)c1ccc(Cl)cc1Br)C1CC1. The second-order valence-corrected chi connectivity index (χ2v) is 6.53. The molecule has 1 heterocycles. The molecule has 0 saturated heterocycles. The average molecular weight is 369 g/mol. The second kappa shape index (κ2) is 5.81. The summed E-state index contributed by atoms with van der Waals surface area (Å²) >= 11 is 9.37. The Balaban J connectivity index is 1.87. The van der Waals surface area contributed by atoms with Crippen molar-refractivity contribution in [3.63, 3.8) is 0 Å². The van der Waals surface area contributed by atoms with Crippen molar-refractivity contribution in [1.82, 2.24) is 14.5 Å². The summed E-state index contributed by atoms with van der Waals surface area (Å²) in [5, 5.41) is 0.612. The van der Waals surface area contributed by atoms with E-state index in [0.29, 0.717) is 23.2 Å². The van der Waals surface area contributed by atoms with E-state index in [9.17, 15) is 4.79 Å². The van der Waals surface area contributed by atoms with Crippen molar-refractivity contribution in [1.29, 1.82) is 0 Å². The second-order valence-electron chi connectivity index (χ2n) is 5.24. The number of benzene rings is 1. The Morgan fingerprint density at radius 2 is 2.29 bits per heavy atom. The van der Waals surface area contributed by atoms with Crippen LogP contribution in [0.1, 0.15) is 29.0 Å². The fraction of sp³-hybridized carbons (Fsp3) is 0.333. The van der Waals surface area contributed by atoms with Gasteiger partial charge in [0.2, 0.25) is 0 Å². The molecule has 0 aliphatic heterocycles. The van der Waals surface area contributed by atoms with E-state index in [2.05, 4.69) is 20.9 Å². The molecule has 2 aromatic rings. The van der Waals surface area contributed by atoms with Crippen LogP contribution < -0.4 is 0 Å². The smallest absolute Gasteiger partial charge is 0.255 e. The number of carbonyl (C=O) groups is 1. The summed E-state index contributed by atoms with van der Waals surface area (Å²) in [5.74, 6) is 0.907. The van der Waals surface area contributed by atoms with Crippen LogP contribution in [0.4, 0.5) is 0 Å². The molecular weight excluding hydrogens is 354 g/mol. The number of imidazole rings is 1. The van der Waals surface area contributed by atoms with Crippen molar-refractivity contribution in [3.8, 4) is 0 Å². The Labute approximate surface area is 136 Å². The van der Waals surface area contributed by atoms with Gasteiger partial charge in [0.1, 0.15) is 5.82 Å². The van der Waals surface area contributed by atoms with E-state index in [1.165, 1.54) is 0 Å². The Hall–Kier alpha value is -1.33. The van der Waals surface area contributed by atoms with Crippen LogP contribution in [0.3, 0.4) is 0 Å². The van der Waals surface area contributed by atoms with Gasteiger partial charge < -0.3 is 9.47 Å². The average Bonchev–Trinajstić information content (AvgIpc) is 3.19. The molecule has 1 fully saturated rings. The number of carbonyl (C=O) groups excluding carboxylic acids is 1. The number of amides is 1. The molecule has 1 amide bonds. The van der Waals surface area contributed by atoms with Gasteiger partial charge in [-0.05, 0) is 47.0 Å². The molecule has 1 aliphatic rings. The lowest BCUT2D eigenvalue weighted by Gasteiger charge is -2.22. The third-order valence-corrected chi connectivity index (χ3v) is 4.53. The van der Waals surface area contributed by atoms with E-state index in [1.54, 1.807) is 24.4 Å². The standard InChI is InChI=1S/C15H15BrClN3O/c1-19-7-6-18-14(19)9-20(11-3-4-11)15(21)12-5-2-10(17)8-13(12)16/h2,5-8,11H,3-4,9H2,1H3. The fourth-order valence-electron chi connectivity index (χ4n) is 2.27. The van der Waals surface area contributed by atoms with Crippen LogP contribution in [-0.2, 0) is 13.6 Å². The third-order valence-electron chi connectivity index (χ3n) is 3.64. The van der Waals surface area contributed by atoms with Crippen molar-refractivity contribution in [2.45, 2.75) is 25.4 Å². The molecule has 4 nitrogen and oxygen atoms in total. The fourth-order valence-corrected chi connectivity index (χ4v) is 3.12. The van der Waals surface area contributed by atoms with Crippen LogP contribution in [0.15, 0.2) is 35.1 Å². The molecule has 3 rings (SSSR count). The number of nitrogens with zero attached hydrogens (tertiary/aromatic N) is 3. The van der Waals surface area contributed by atoms with Crippen LogP contribution in [0.25, 0.3) is 0 Å². The summed E-state index contributed by atoms with van der Waals surface area (Å²) in [5.41, 5.74) is 0.639. The van der Waals surface area contributed by atoms with E-state index in [0.717, 1.165) is 23.1 Å². The third kappa shape index (κ3) is 3.14. The number of aromatic nitrogens is 2. The van der Waals surface area contributed by atoms with Gasteiger partial charge in [-0.1, -0.05) is 11.6 Å². The summed E-state index contributed by atoms with van der Waals surface area (Å²) in [7, 11) is 1.94. The van der Waals surface area contributed by atoms with Gasteiger partial charge in [-0.2, -0.15) is 0 Å². The van der Waals surface area contributed by atoms with Crippen molar-refractivity contribution in [2.24, 2.45) is 7.05 Å². The van der Waals surface area contributed by atoms with Gasteiger partial charge >= 0.3 is 0 Å². The normalized spacial score (nSPS) is 14.2. The van der Waals surface area contributed by atoms with E-state index in [1.807, 2.05) is 22.7 Å². The highest BCUT2D eigenvalue weighted by molar-refractivity contribution is 9.10. The molecule has 6 heteroatoms. The summed E-state index contributed by atoms with van der Waals surface area (Å²) in [4.78, 5) is 19.0. The lowest BCUT2D eigenvalue weighted by atomic mass is 10.2. The largest absolute Gasteiger partial charge is 0.337 e. The molecule has 1 aromatic heterocycles. The van der Waals surface area contributed by atoms with Crippen LogP contribution in [0.5, 0.6) is 0 Å². The maximum Gasteiger partial charge on any atom is 0.255 e. The maximum atomic E-state index is 12.8. The monoisotopic (exact) mass is 367 g/mol. The predicted molar refractivity (Wildman–Crippen MR) is 85.3 cm³/mol. The zero-order valence-electron chi connectivity index (χ0n) is 11.6. The highest BCUT2D eigenvalue weighted by Crippen LogP contribution is 2.31. The van der Waals surface area contributed by atoms with Gasteiger partial charge in [0.25, 0.3) is 5.91 Å². The number of hydrogen-bond donors (Lipinski definition) is 0. The molecule has 0 spiro atoms. The summed E-state index contributed by atoms with van der Waals surface area (Å²) in [6.07, 6.45) is 5.76. The topological polar surface area (TPSA) is 38.1 Å². The van der Waals surface area contributed by atoms with Crippen LogP contribution in [0, 0.1) is 0 Å². The van der Waals surface area contributed by atoms with Crippen LogP contribution in [-0.4, -0.2) is 26.4 Å². The van der Waals surface area contributed by atoms with E-state index < -0.39 is 0 Å². The van der Waals surface area contributed by atoms with Crippen molar-refractivity contribution < 1.29 is 4.79 Å². The number of hydrogen-bond acceptors (Lipinski definition) is 2. The Morgan fingerprint density at radius 3 is 2.86 bits per heavy atom. The summed E-state index contributed by atoms with van der Waals surface area (Å²) in [6, 6.07) is 5.57. The lowest BCUT2D eigenvalue weighted by molar-refractivity contribution is 0.0723. The highest BCUT2D eigenvalue weighted by Gasteiger charge is 2.34. The number of rotatable bonds is 4. The molecule has 21 heavy (non-hydrogen) atoms. The van der Waals surface area contributed by atoms with E-state index in [4.69, 9.17) is 11.6 Å². The predicted octanol–water partition coefficient (Wildman–Crippen LogP) is 3.64. The van der Waals surface area contributed by atoms with Gasteiger partial charge in [-0.25, -0.2) is 4.98 Å². The summed E-state index contributed by atoms with van der Waals surface area (Å²) in [6.45, 7) is 0.530. The zero-order valence-corrected chi connectivity index (χ0v) is 13.9. The van der Waals surface area contributed by atoms with Crippen molar-refractivity contribution in [3.05, 3.63) is 51.5 Å². The lowest BCUT2D eigenvalue weighted by Crippen LogP contribution is -2.33. The van der Waals surface area contributed by atoms with Gasteiger partial charge in [0.15, 0.2) is 0 Å². The minimum absolute atomic E-state index is 0.0176. The minimum Gasteiger partial charge on any atom is -0.337 e. The molecule has 110 valence electrons. The van der Waals surface area contributed by atoms with E-state index in [-0.39, 0.29) is 5.91 Å². The number of halogens is 2. The summed E-state index contributed by atoms with van der Waals surface area (Å²) < 4.78 is 2.67. The number of aryl methyl sites for hydroxylation is 1. The maximum absolute atomic E-state index is 12.8. The van der Waals surface area contributed by atoms with E-state index >= 15 is 0 Å². The Kier molecular flexibility index (Phi) is 4.04.